The maximum Gasteiger partial charge on any atom is 0.261 e. The third kappa shape index (κ3) is 5.40. The van der Waals surface area contributed by atoms with Gasteiger partial charge in [-0.3, -0.25) is 9.59 Å². The molecule has 0 spiro atoms. The van der Waals surface area contributed by atoms with Crippen LogP contribution < -0.4 is 16.2 Å². The summed E-state index contributed by atoms with van der Waals surface area (Å²) in [5.41, 5.74) is 2.33. The molecule has 2 aromatic heterocycles. The van der Waals surface area contributed by atoms with Crippen molar-refractivity contribution in [2.24, 2.45) is 0 Å². The van der Waals surface area contributed by atoms with Crippen molar-refractivity contribution in [1.82, 2.24) is 20.3 Å². The molecule has 2 heterocycles. The maximum absolute atomic E-state index is 12.2. The number of H-pyrrole nitrogens is 1. The van der Waals surface area contributed by atoms with E-state index in [4.69, 9.17) is 0 Å². The van der Waals surface area contributed by atoms with Gasteiger partial charge in [-0.15, -0.1) is 0 Å². The molecule has 7 nitrogen and oxygen atoms in total. The molecule has 0 atom stereocenters. The molecule has 0 saturated carbocycles. The van der Waals surface area contributed by atoms with Crippen molar-refractivity contribution >= 4 is 11.7 Å². The first kappa shape index (κ1) is 19.6. The molecule has 1 amide bonds. The monoisotopic (exact) mass is 357 g/mol. The molecule has 140 valence electrons. The van der Waals surface area contributed by atoms with Crippen LogP contribution in [0.3, 0.4) is 0 Å². The van der Waals surface area contributed by atoms with E-state index in [9.17, 15) is 9.59 Å². The zero-order valence-corrected chi connectivity index (χ0v) is 15.9. The van der Waals surface area contributed by atoms with Crippen molar-refractivity contribution in [3.05, 3.63) is 50.8 Å². The van der Waals surface area contributed by atoms with Gasteiger partial charge in [-0.2, -0.15) is 0 Å². The van der Waals surface area contributed by atoms with E-state index in [1.54, 1.807) is 13.0 Å². The Labute approximate surface area is 153 Å². The lowest BCUT2D eigenvalue weighted by Crippen LogP contribution is -2.33. The summed E-state index contributed by atoms with van der Waals surface area (Å²) in [5, 5.41) is 5.95. The molecule has 0 aliphatic heterocycles. The standard InChI is InChI=1S/C19H27N5O2/c1-5-6-7-16-22-13(3)11-17(24-16)20-8-9-21-18(25)15-10-12(2)14(4)23-19(15)26/h10-11H,5-9H2,1-4H3,(H,21,25)(H,23,26)(H,20,22,24). The normalized spacial score (nSPS) is 10.6. The van der Waals surface area contributed by atoms with Gasteiger partial charge in [0.1, 0.15) is 17.2 Å². The van der Waals surface area contributed by atoms with Crippen LogP contribution in [0.2, 0.25) is 0 Å². The molecule has 3 N–H and O–H groups in total. The molecule has 0 saturated heterocycles. The molecule has 0 fully saturated rings. The third-order valence-corrected chi connectivity index (χ3v) is 4.11. The third-order valence-electron chi connectivity index (χ3n) is 4.11. The van der Waals surface area contributed by atoms with Gasteiger partial charge in [-0.1, -0.05) is 13.3 Å². The van der Waals surface area contributed by atoms with E-state index in [2.05, 4.69) is 32.5 Å². The van der Waals surface area contributed by atoms with Crippen LogP contribution in [-0.2, 0) is 6.42 Å². The second-order valence-electron chi connectivity index (χ2n) is 6.42. The Morgan fingerprint density at radius 1 is 1.15 bits per heavy atom. The van der Waals surface area contributed by atoms with Crippen molar-refractivity contribution < 1.29 is 4.79 Å². The molecule has 0 aromatic carbocycles. The van der Waals surface area contributed by atoms with Crippen LogP contribution in [-0.4, -0.2) is 33.9 Å². The van der Waals surface area contributed by atoms with E-state index in [-0.39, 0.29) is 17.0 Å². The van der Waals surface area contributed by atoms with Gasteiger partial charge in [0.2, 0.25) is 0 Å². The van der Waals surface area contributed by atoms with Crippen molar-refractivity contribution in [3.8, 4) is 0 Å². The van der Waals surface area contributed by atoms with Gasteiger partial charge < -0.3 is 15.6 Å². The Hall–Kier alpha value is -2.70. The quantitative estimate of drug-likeness (QED) is 0.629. The largest absolute Gasteiger partial charge is 0.368 e. The van der Waals surface area contributed by atoms with Crippen LogP contribution >= 0.6 is 0 Å². The lowest BCUT2D eigenvalue weighted by molar-refractivity contribution is 0.0953. The summed E-state index contributed by atoms with van der Waals surface area (Å²) in [4.78, 5) is 35.7. The predicted octanol–water partition coefficient (Wildman–Crippen LogP) is 2.27. The topological polar surface area (TPSA) is 99.8 Å². The van der Waals surface area contributed by atoms with Gasteiger partial charge in [0.05, 0.1) is 0 Å². The highest BCUT2D eigenvalue weighted by Gasteiger charge is 2.11. The first-order chi connectivity index (χ1) is 12.4. The summed E-state index contributed by atoms with van der Waals surface area (Å²) in [7, 11) is 0. The van der Waals surface area contributed by atoms with Gasteiger partial charge in [0, 0.05) is 37.0 Å². The van der Waals surface area contributed by atoms with Gasteiger partial charge in [-0.25, -0.2) is 9.97 Å². The summed E-state index contributed by atoms with van der Waals surface area (Å²) in [6, 6.07) is 3.50. The lowest BCUT2D eigenvalue weighted by atomic mass is 10.1. The smallest absolute Gasteiger partial charge is 0.261 e. The fraction of sp³-hybridized carbons (Fsp3) is 0.474. The Bertz CT molecular complexity index is 829. The Balaban J connectivity index is 1.89. The molecule has 0 aliphatic rings. The number of aromatic nitrogens is 3. The molecule has 2 aromatic rings. The minimum absolute atomic E-state index is 0.132. The van der Waals surface area contributed by atoms with Crippen LogP contribution in [0.25, 0.3) is 0 Å². The molecule has 26 heavy (non-hydrogen) atoms. The number of rotatable bonds is 8. The number of anilines is 1. The van der Waals surface area contributed by atoms with Crippen LogP contribution in [0.15, 0.2) is 16.9 Å². The average Bonchev–Trinajstić information content (AvgIpc) is 2.59. The number of carbonyl (C=O) groups is 1. The number of amides is 1. The Morgan fingerprint density at radius 3 is 2.65 bits per heavy atom. The summed E-state index contributed by atoms with van der Waals surface area (Å²) >= 11 is 0. The second kappa shape index (κ2) is 9.12. The van der Waals surface area contributed by atoms with Gasteiger partial charge in [0.25, 0.3) is 11.5 Å². The number of pyridine rings is 1. The fourth-order valence-corrected chi connectivity index (χ4v) is 2.52. The fourth-order valence-electron chi connectivity index (χ4n) is 2.52. The Kier molecular flexibility index (Phi) is 6.89. The second-order valence-corrected chi connectivity index (χ2v) is 6.42. The summed E-state index contributed by atoms with van der Waals surface area (Å²) < 4.78 is 0. The predicted molar refractivity (Wildman–Crippen MR) is 103 cm³/mol. The summed E-state index contributed by atoms with van der Waals surface area (Å²) in [6.07, 6.45) is 3.02. The van der Waals surface area contributed by atoms with E-state index in [0.29, 0.717) is 13.1 Å². The molecule has 0 radical (unpaired) electrons. The highest BCUT2D eigenvalue weighted by Crippen LogP contribution is 2.08. The van der Waals surface area contributed by atoms with Gasteiger partial charge in [0.15, 0.2) is 0 Å². The number of unbranched alkanes of at least 4 members (excludes halogenated alkanes) is 1. The van der Waals surface area contributed by atoms with Crippen molar-refractivity contribution in [2.75, 3.05) is 18.4 Å². The highest BCUT2D eigenvalue weighted by molar-refractivity contribution is 5.94. The van der Waals surface area contributed by atoms with Crippen LogP contribution in [0.4, 0.5) is 5.82 Å². The first-order valence-corrected chi connectivity index (χ1v) is 8.98. The van der Waals surface area contributed by atoms with Crippen molar-refractivity contribution in [3.63, 3.8) is 0 Å². The molecule has 0 bridgehead atoms. The molecular weight excluding hydrogens is 330 g/mol. The minimum Gasteiger partial charge on any atom is -0.368 e. The zero-order chi connectivity index (χ0) is 19.1. The number of aryl methyl sites for hydroxylation is 4. The SMILES string of the molecule is CCCCc1nc(C)cc(NCCNC(=O)c2cc(C)c(C)[nH]c2=O)n1. The van der Waals surface area contributed by atoms with Crippen molar-refractivity contribution in [2.45, 2.75) is 47.0 Å². The van der Waals surface area contributed by atoms with E-state index in [1.165, 1.54) is 0 Å². The van der Waals surface area contributed by atoms with E-state index in [0.717, 1.165) is 47.9 Å². The van der Waals surface area contributed by atoms with E-state index in [1.807, 2.05) is 19.9 Å². The number of aromatic amines is 1. The molecule has 2 rings (SSSR count). The van der Waals surface area contributed by atoms with Gasteiger partial charge >= 0.3 is 0 Å². The number of hydrogen-bond acceptors (Lipinski definition) is 5. The average molecular weight is 357 g/mol. The van der Waals surface area contributed by atoms with Crippen LogP contribution in [0.1, 0.15) is 52.9 Å². The lowest BCUT2D eigenvalue weighted by Gasteiger charge is -2.10. The van der Waals surface area contributed by atoms with Gasteiger partial charge in [-0.05, 0) is 38.8 Å². The number of nitrogens with zero attached hydrogens (tertiary/aromatic N) is 2. The maximum atomic E-state index is 12.2. The summed E-state index contributed by atoms with van der Waals surface area (Å²) in [6.45, 7) is 8.64. The Morgan fingerprint density at radius 2 is 1.92 bits per heavy atom. The molecule has 0 unspecified atom stereocenters. The minimum atomic E-state index is -0.376. The zero-order valence-electron chi connectivity index (χ0n) is 15.9. The van der Waals surface area contributed by atoms with E-state index < -0.39 is 0 Å². The van der Waals surface area contributed by atoms with Crippen LogP contribution in [0.5, 0.6) is 0 Å². The summed E-state index contributed by atoms with van der Waals surface area (Å²) in [5.74, 6) is 1.21. The molecule has 7 heteroatoms. The molecular formula is C19H27N5O2. The first-order valence-electron chi connectivity index (χ1n) is 8.98. The number of nitrogens with one attached hydrogen (secondary N) is 3. The number of carbonyl (C=O) groups excluding carboxylic acids is 1. The van der Waals surface area contributed by atoms with E-state index >= 15 is 0 Å². The van der Waals surface area contributed by atoms with Crippen molar-refractivity contribution in [1.29, 1.82) is 0 Å². The van der Waals surface area contributed by atoms with Crippen LogP contribution in [0, 0.1) is 20.8 Å². The highest BCUT2D eigenvalue weighted by atomic mass is 16.2. The number of hydrogen-bond donors (Lipinski definition) is 3. The molecule has 0 aliphatic carbocycles.